The molecule has 4 rings (SSSR count). The van der Waals surface area contributed by atoms with Gasteiger partial charge in [0.15, 0.2) is 0 Å². The second-order valence-corrected chi connectivity index (χ2v) is 12.5. The number of rotatable bonds is 14. The van der Waals surface area contributed by atoms with E-state index in [9.17, 15) is 14.7 Å². The molecule has 0 bridgehead atoms. The van der Waals surface area contributed by atoms with Crippen molar-refractivity contribution in [1.82, 2.24) is 14.9 Å². The Bertz CT molecular complexity index is 1510. The number of carbonyl (C=O) groups is 2. The Labute approximate surface area is 252 Å². The summed E-state index contributed by atoms with van der Waals surface area (Å²) < 4.78 is 2.03. The van der Waals surface area contributed by atoms with Crippen molar-refractivity contribution in [2.24, 2.45) is 0 Å². The van der Waals surface area contributed by atoms with Gasteiger partial charge in [0.05, 0.1) is 12.5 Å². The van der Waals surface area contributed by atoms with Crippen LogP contribution in [0.3, 0.4) is 0 Å². The van der Waals surface area contributed by atoms with E-state index in [2.05, 4.69) is 73.0 Å². The third-order valence-electron chi connectivity index (χ3n) is 6.94. The van der Waals surface area contributed by atoms with E-state index in [0.717, 1.165) is 22.4 Å². The van der Waals surface area contributed by atoms with E-state index in [4.69, 9.17) is 5.11 Å². The van der Waals surface area contributed by atoms with Gasteiger partial charge in [-0.25, -0.2) is 4.31 Å². The smallest absolute Gasteiger partial charge is 0.305 e. The van der Waals surface area contributed by atoms with Crippen LogP contribution in [-0.2, 0) is 11.2 Å². The summed E-state index contributed by atoms with van der Waals surface area (Å²) in [5.41, 5.74) is 3.57. The van der Waals surface area contributed by atoms with Gasteiger partial charge in [-0.1, -0.05) is 66.7 Å². The number of nitrogens with zero attached hydrogens (tertiary/aromatic N) is 1. The Kier molecular flexibility index (Phi) is 10.8. The maximum Gasteiger partial charge on any atom is 0.305 e. The maximum absolute atomic E-state index is 12.2. The van der Waals surface area contributed by atoms with Crippen LogP contribution >= 0.6 is 11.9 Å². The normalized spacial score (nSPS) is 12.4. The highest BCUT2D eigenvalue weighted by molar-refractivity contribution is 7.97. The van der Waals surface area contributed by atoms with Crippen LogP contribution in [0.4, 0.5) is 0 Å². The Morgan fingerprint density at radius 3 is 2.38 bits per heavy atom. The SMILES string of the molecule is CN(C[C@H](O)CNC(C)(C)Cc1ccc2ccccc2c1)Sc1cccc(-c2ccc(C(=O)NCCC(=O)O)cc2)c1. The van der Waals surface area contributed by atoms with Crippen molar-refractivity contribution in [2.75, 3.05) is 26.7 Å². The van der Waals surface area contributed by atoms with Gasteiger partial charge < -0.3 is 20.8 Å². The van der Waals surface area contributed by atoms with Gasteiger partial charge in [-0.15, -0.1) is 0 Å². The lowest BCUT2D eigenvalue weighted by atomic mass is 9.93. The van der Waals surface area contributed by atoms with Gasteiger partial charge in [-0.05, 0) is 91.0 Å². The first-order chi connectivity index (χ1) is 20.1. The molecule has 220 valence electrons. The van der Waals surface area contributed by atoms with Crippen LogP contribution in [0.1, 0.15) is 36.2 Å². The summed E-state index contributed by atoms with van der Waals surface area (Å²) in [6.45, 7) is 5.41. The number of hydrogen-bond acceptors (Lipinski definition) is 6. The first-order valence-electron chi connectivity index (χ1n) is 14.1. The van der Waals surface area contributed by atoms with Gasteiger partial charge >= 0.3 is 5.97 Å². The summed E-state index contributed by atoms with van der Waals surface area (Å²) >= 11 is 1.57. The quantitative estimate of drug-likeness (QED) is 0.143. The number of nitrogens with one attached hydrogen (secondary N) is 2. The van der Waals surface area contributed by atoms with Crippen LogP contribution in [0.25, 0.3) is 21.9 Å². The number of likely N-dealkylation sites (N-methyl/N-ethyl adjacent to an activating group) is 1. The molecule has 0 aliphatic heterocycles. The molecule has 0 aliphatic carbocycles. The number of carboxylic acid groups (broad SMARTS) is 1. The first kappa shape index (κ1) is 31.3. The van der Waals surface area contributed by atoms with Gasteiger partial charge in [0.1, 0.15) is 0 Å². The van der Waals surface area contributed by atoms with E-state index in [0.29, 0.717) is 18.7 Å². The molecule has 0 saturated heterocycles. The molecule has 0 aromatic heterocycles. The monoisotopic (exact) mass is 585 g/mol. The first-order valence-corrected chi connectivity index (χ1v) is 14.9. The number of fused-ring (bicyclic) bond motifs is 1. The Morgan fingerprint density at radius 1 is 0.905 bits per heavy atom. The molecular weight excluding hydrogens is 546 g/mol. The van der Waals surface area contributed by atoms with Crippen molar-refractivity contribution in [3.8, 4) is 11.1 Å². The minimum atomic E-state index is -0.947. The number of amides is 1. The minimum absolute atomic E-state index is 0.0938. The van der Waals surface area contributed by atoms with E-state index in [1.807, 2.05) is 41.7 Å². The zero-order valence-corrected chi connectivity index (χ0v) is 25.2. The summed E-state index contributed by atoms with van der Waals surface area (Å²) in [4.78, 5) is 23.9. The van der Waals surface area contributed by atoms with E-state index < -0.39 is 12.1 Å². The molecule has 0 fully saturated rings. The van der Waals surface area contributed by atoms with Gasteiger partial charge in [0.25, 0.3) is 5.91 Å². The minimum Gasteiger partial charge on any atom is -0.481 e. The van der Waals surface area contributed by atoms with Gasteiger partial charge in [-0.3, -0.25) is 9.59 Å². The predicted molar refractivity (Wildman–Crippen MR) is 171 cm³/mol. The molecule has 1 atom stereocenters. The summed E-state index contributed by atoms with van der Waals surface area (Å²) in [5, 5.41) is 28.1. The third kappa shape index (κ3) is 9.42. The van der Waals surface area contributed by atoms with Crippen LogP contribution in [0.5, 0.6) is 0 Å². The number of benzene rings is 4. The lowest BCUT2D eigenvalue weighted by Crippen LogP contribution is -2.46. The fraction of sp³-hybridized carbons (Fsp3) is 0.294. The number of aliphatic hydroxyl groups is 1. The number of carboxylic acids is 1. The molecule has 4 aromatic carbocycles. The van der Waals surface area contributed by atoms with E-state index in [-0.39, 0.29) is 24.4 Å². The lowest BCUT2D eigenvalue weighted by Gasteiger charge is -2.29. The second kappa shape index (κ2) is 14.5. The van der Waals surface area contributed by atoms with E-state index in [1.165, 1.54) is 16.3 Å². The molecule has 0 unspecified atom stereocenters. The largest absolute Gasteiger partial charge is 0.481 e. The van der Waals surface area contributed by atoms with Crippen molar-refractivity contribution in [3.63, 3.8) is 0 Å². The summed E-state index contributed by atoms with van der Waals surface area (Å²) in [6, 6.07) is 30.3. The molecule has 0 spiro atoms. The van der Waals surface area contributed by atoms with Gasteiger partial charge in [0.2, 0.25) is 0 Å². The molecule has 0 radical (unpaired) electrons. The average Bonchev–Trinajstić information content (AvgIpc) is 2.96. The highest BCUT2D eigenvalue weighted by Crippen LogP contribution is 2.28. The number of hydrogen-bond donors (Lipinski definition) is 4. The lowest BCUT2D eigenvalue weighted by molar-refractivity contribution is -0.136. The van der Waals surface area contributed by atoms with Crippen molar-refractivity contribution in [3.05, 3.63) is 102 Å². The molecular formula is C34H39N3O4S. The molecule has 4 aromatic rings. The van der Waals surface area contributed by atoms with E-state index in [1.54, 1.807) is 24.1 Å². The Hall–Kier alpha value is -3.69. The molecule has 1 amide bonds. The van der Waals surface area contributed by atoms with Gasteiger partial charge in [-0.2, -0.15) is 0 Å². The molecule has 0 heterocycles. The molecule has 0 saturated carbocycles. The highest BCUT2D eigenvalue weighted by atomic mass is 32.2. The third-order valence-corrected chi connectivity index (χ3v) is 7.87. The van der Waals surface area contributed by atoms with Crippen molar-refractivity contribution < 1.29 is 19.8 Å². The number of β-amino-alcohol motifs (C(OH)–C–C–N with tert-alkyl or cyclic N) is 1. The van der Waals surface area contributed by atoms with Crippen molar-refractivity contribution in [1.29, 1.82) is 0 Å². The highest BCUT2D eigenvalue weighted by Gasteiger charge is 2.20. The topological polar surface area (TPSA) is 102 Å². The second-order valence-electron chi connectivity index (χ2n) is 11.2. The summed E-state index contributed by atoms with van der Waals surface area (Å²) in [5.74, 6) is -1.24. The average molecular weight is 586 g/mol. The number of aliphatic carboxylic acids is 1. The number of carbonyl (C=O) groups excluding carboxylic acids is 1. The van der Waals surface area contributed by atoms with Crippen molar-refractivity contribution >= 4 is 34.6 Å². The van der Waals surface area contributed by atoms with Crippen LogP contribution < -0.4 is 10.6 Å². The molecule has 7 nitrogen and oxygen atoms in total. The van der Waals surface area contributed by atoms with Crippen LogP contribution in [0.15, 0.2) is 95.9 Å². The Balaban J connectivity index is 1.26. The van der Waals surface area contributed by atoms with Gasteiger partial charge in [0, 0.05) is 35.6 Å². The molecule has 0 aliphatic rings. The maximum atomic E-state index is 12.2. The summed E-state index contributed by atoms with van der Waals surface area (Å²) in [7, 11) is 1.97. The van der Waals surface area contributed by atoms with Crippen LogP contribution in [0.2, 0.25) is 0 Å². The zero-order valence-electron chi connectivity index (χ0n) is 24.3. The zero-order chi connectivity index (χ0) is 30.1. The molecule has 4 N–H and O–H groups in total. The van der Waals surface area contributed by atoms with Crippen molar-refractivity contribution in [2.45, 2.75) is 43.2 Å². The summed E-state index contributed by atoms with van der Waals surface area (Å²) in [6.07, 6.45) is 0.217. The van der Waals surface area contributed by atoms with E-state index >= 15 is 0 Å². The molecule has 42 heavy (non-hydrogen) atoms. The fourth-order valence-corrected chi connectivity index (χ4v) is 5.75. The van der Waals surface area contributed by atoms with Crippen LogP contribution in [0, 0.1) is 0 Å². The standard InChI is InChI=1S/C34H39N3O4S/c1-34(2,21-24-11-12-25-7-4-5-8-28(25)19-24)36-22-30(38)23-37(3)42-31-10-6-9-29(20-31)26-13-15-27(16-14-26)33(41)35-18-17-32(39)40/h4-16,19-20,30,36,38H,17-18,21-23H2,1-3H3,(H,35,41)(H,39,40)/t30-/m1/s1. The van der Waals surface area contributed by atoms with Crippen LogP contribution in [-0.4, -0.2) is 64.7 Å². The Morgan fingerprint density at radius 2 is 1.64 bits per heavy atom. The fourth-order valence-electron chi connectivity index (χ4n) is 4.83. The number of aliphatic hydroxyl groups excluding tert-OH is 1. The predicted octanol–water partition coefficient (Wildman–Crippen LogP) is 5.62. The molecule has 8 heteroatoms.